The van der Waals surface area contributed by atoms with Crippen LogP contribution < -0.4 is 14.8 Å². The summed E-state index contributed by atoms with van der Waals surface area (Å²) >= 11 is 0. The van der Waals surface area contributed by atoms with Gasteiger partial charge in [0.15, 0.2) is 0 Å². The first-order chi connectivity index (χ1) is 14.0. The van der Waals surface area contributed by atoms with Gasteiger partial charge in [-0.25, -0.2) is 9.59 Å². The molecule has 7 nitrogen and oxygen atoms in total. The van der Waals surface area contributed by atoms with Gasteiger partial charge in [0, 0.05) is 18.3 Å². The predicted molar refractivity (Wildman–Crippen MR) is 108 cm³/mol. The van der Waals surface area contributed by atoms with Gasteiger partial charge >= 0.3 is 12.0 Å². The number of carbonyl (C=O) groups excluding carboxylic acids is 2. The van der Waals surface area contributed by atoms with Crippen molar-refractivity contribution in [1.29, 1.82) is 0 Å². The van der Waals surface area contributed by atoms with Crippen LogP contribution in [0.4, 0.5) is 4.79 Å². The van der Waals surface area contributed by atoms with Gasteiger partial charge < -0.3 is 24.4 Å². The number of carbonyl (C=O) groups is 2. The molecule has 0 unspecified atom stereocenters. The van der Waals surface area contributed by atoms with Gasteiger partial charge in [-0.1, -0.05) is 30.3 Å². The van der Waals surface area contributed by atoms with Crippen molar-refractivity contribution in [3.63, 3.8) is 0 Å². The number of hydrogen-bond acceptors (Lipinski definition) is 5. The van der Waals surface area contributed by atoms with Crippen LogP contribution >= 0.6 is 0 Å². The molecule has 2 amide bonds. The Morgan fingerprint density at radius 2 is 1.83 bits per heavy atom. The molecule has 0 bridgehead atoms. The smallest absolute Gasteiger partial charge is 0.338 e. The number of allylic oxidation sites excluding steroid dienone is 1. The number of methoxy groups -OCH3 is 2. The summed E-state index contributed by atoms with van der Waals surface area (Å²) in [5.41, 5.74) is 2.35. The van der Waals surface area contributed by atoms with Crippen LogP contribution in [0.25, 0.3) is 0 Å². The highest BCUT2D eigenvalue weighted by atomic mass is 16.5. The molecule has 29 heavy (non-hydrogen) atoms. The van der Waals surface area contributed by atoms with Crippen LogP contribution in [0.15, 0.2) is 59.8 Å². The van der Waals surface area contributed by atoms with E-state index in [4.69, 9.17) is 14.2 Å². The summed E-state index contributed by atoms with van der Waals surface area (Å²) in [5, 5.41) is 2.86. The van der Waals surface area contributed by atoms with E-state index in [2.05, 4.69) is 5.32 Å². The molecule has 7 heteroatoms. The summed E-state index contributed by atoms with van der Waals surface area (Å²) in [4.78, 5) is 26.9. The third-order valence-electron chi connectivity index (χ3n) is 4.93. The van der Waals surface area contributed by atoms with Crippen molar-refractivity contribution >= 4 is 12.0 Å². The SMILES string of the molecule is COc1ccc(OC)c([C@@H]2NC(=O)N(C)C(C)=C2C(=O)OCc2ccccc2)c1. The number of nitrogens with zero attached hydrogens (tertiary/aromatic N) is 1. The number of ether oxygens (including phenoxy) is 3. The summed E-state index contributed by atoms with van der Waals surface area (Å²) in [5.74, 6) is 0.610. The monoisotopic (exact) mass is 396 g/mol. The Morgan fingerprint density at radius 3 is 2.48 bits per heavy atom. The Kier molecular flexibility index (Phi) is 6.07. The van der Waals surface area contributed by atoms with E-state index in [-0.39, 0.29) is 12.6 Å². The van der Waals surface area contributed by atoms with E-state index in [0.29, 0.717) is 28.3 Å². The van der Waals surface area contributed by atoms with E-state index in [1.807, 2.05) is 30.3 Å². The Labute approximate surface area is 169 Å². The molecule has 0 aliphatic carbocycles. The van der Waals surface area contributed by atoms with Crippen LogP contribution in [-0.4, -0.2) is 38.2 Å². The van der Waals surface area contributed by atoms with Crippen LogP contribution in [0.3, 0.4) is 0 Å². The molecule has 152 valence electrons. The standard InChI is InChI=1S/C22H24N2O5/c1-14-19(21(25)29-13-15-8-6-5-7-9-15)20(23-22(26)24(14)2)17-12-16(27-3)10-11-18(17)28-4/h5-12,20H,13H2,1-4H3,(H,23,26)/t20-/m0/s1. The molecule has 2 aromatic rings. The highest BCUT2D eigenvalue weighted by molar-refractivity contribution is 5.95. The molecular formula is C22H24N2O5. The summed E-state index contributed by atoms with van der Waals surface area (Å²) in [6.07, 6.45) is 0. The van der Waals surface area contributed by atoms with E-state index in [1.165, 1.54) is 12.0 Å². The van der Waals surface area contributed by atoms with Gasteiger partial charge in [0.2, 0.25) is 0 Å². The molecule has 0 fully saturated rings. The summed E-state index contributed by atoms with van der Waals surface area (Å²) in [6.45, 7) is 1.85. The van der Waals surface area contributed by atoms with Crippen LogP contribution in [0.2, 0.25) is 0 Å². The lowest BCUT2D eigenvalue weighted by Crippen LogP contribution is -2.46. The first-order valence-corrected chi connectivity index (χ1v) is 9.14. The first kappa shape index (κ1) is 20.3. The average molecular weight is 396 g/mol. The van der Waals surface area contributed by atoms with Crippen molar-refractivity contribution in [1.82, 2.24) is 10.2 Å². The minimum absolute atomic E-state index is 0.135. The molecule has 3 rings (SSSR count). The Morgan fingerprint density at radius 1 is 1.10 bits per heavy atom. The maximum absolute atomic E-state index is 13.0. The third kappa shape index (κ3) is 4.18. The maximum atomic E-state index is 13.0. The number of benzene rings is 2. The summed E-state index contributed by atoms with van der Waals surface area (Å²) in [7, 11) is 4.69. The van der Waals surface area contributed by atoms with Crippen LogP contribution in [0.5, 0.6) is 11.5 Å². The zero-order chi connectivity index (χ0) is 21.0. The molecule has 1 aliphatic rings. The molecule has 2 aromatic carbocycles. The number of esters is 1. The normalized spacial score (nSPS) is 16.3. The van der Waals surface area contributed by atoms with Gasteiger partial charge in [-0.15, -0.1) is 0 Å². The largest absolute Gasteiger partial charge is 0.497 e. The molecule has 1 atom stereocenters. The van der Waals surface area contributed by atoms with Gasteiger partial charge in [0.1, 0.15) is 18.1 Å². The number of amides is 2. The Hall–Kier alpha value is -3.48. The lowest BCUT2D eigenvalue weighted by atomic mass is 9.94. The third-order valence-corrected chi connectivity index (χ3v) is 4.93. The molecule has 1 aliphatic heterocycles. The van der Waals surface area contributed by atoms with E-state index in [0.717, 1.165) is 5.56 Å². The van der Waals surface area contributed by atoms with Crippen molar-refractivity contribution in [3.8, 4) is 11.5 Å². The highest BCUT2D eigenvalue weighted by Gasteiger charge is 2.36. The van der Waals surface area contributed by atoms with E-state index in [9.17, 15) is 9.59 Å². The number of nitrogens with one attached hydrogen (secondary N) is 1. The number of rotatable bonds is 6. The van der Waals surface area contributed by atoms with Crippen LogP contribution in [0.1, 0.15) is 24.1 Å². The fourth-order valence-corrected chi connectivity index (χ4v) is 3.20. The zero-order valence-corrected chi connectivity index (χ0v) is 16.9. The fourth-order valence-electron chi connectivity index (χ4n) is 3.20. The highest BCUT2D eigenvalue weighted by Crippen LogP contribution is 2.37. The lowest BCUT2D eigenvalue weighted by Gasteiger charge is -2.33. The van der Waals surface area contributed by atoms with E-state index < -0.39 is 12.0 Å². The van der Waals surface area contributed by atoms with Crippen molar-refractivity contribution in [2.24, 2.45) is 0 Å². The van der Waals surface area contributed by atoms with Crippen molar-refractivity contribution < 1.29 is 23.8 Å². The molecule has 0 saturated heterocycles. The molecule has 0 spiro atoms. The van der Waals surface area contributed by atoms with E-state index in [1.54, 1.807) is 39.3 Å². The average Bonchev–Trinajstić information content (AvgIpc) is 2.75. The zero-order valence-electron chi connectivity index (χ0n) is 16.9. The molecular weight excluding hydrogens is 372 g/mol. The minimum atomic E-state index is -0.730. The van der Waals surface area contributed by atoms with Crippen molar-refractivity contribution in [3.05, 3.63) is 70.9 Å². The molecule has 1 N–H and O–H groups in total. The molecule has 0 radical (unpaired) electrons. The number of urea groups is 1. The first-order valence-electron chi connectivity index (χ1n) is 9.14. The van der Waals surface area contributed by atoms with Gasteiger partial charge in [0.05, 0.1) is 25.8 Å². The summed E-state index contributed by atoms with van der Waals surface area (Å²) < 4.78 is 16.3. The second kappa shape index (κ2) is 8.68. The van der Waals surface area contributed by atoms with Crippen molar-refractivity contribution in [2.75, 3.05) is 21.3 Å². The van der Waals surface area contributed by atoms with Gasteiger partial charge in [-0.05, 0) is 30.7 Å². The number of hydrogen-bond donors (Lipinski definition) is 1. The lowest BCUT2D eigenvalue weighted by molar-refractivity contribution is -0.141. The van der Waals surface area contributed by atoms with Crippen LogP contribution in [-0.2, 0) is 16.1 Å². The Bertz CT molecular complexity index is 939. The van der Waals surface area contributed by atoms with Crippen molar-refractivity contribution in [2.45, 2.75) is 19.6 Å². The minimum Gasteiger partial charge on any atom is -0.497 e. The second-order valence-corrected chi connectivity index (χ2v) is 6.61. The molecule has 0 aromatic heterocycles. The summed E-state index contributed by atoms with van der Waals surface area (Å²) in [6, 6.07) is 13.6. The van der Waals surface area contributed by atoms with Gasteiger partial charge in [-0.3, -0.25) is 0 Å². The topological polar surface area (TPSA) is 77.1 Å². The maximum Gasteiger partial charge on any atom is 0.338 e. The second-order valence-electron chi connectivity index (χ2n) is 6.61. The van der Waals surface area contributed by atoms with E-state index >= 15 is 0 Å². The van der Waals surface area contributed by atoms with Crippen LogP contribution in [0, 0.1) is 0 Å². The fraction of sp³-hybridized carbons (Fsp3) is 0.273. The molecule has 1 heterocycles. The Balaban J connectivity index is 1.99. The molecule has 0 saturated carbocycles. The van der Waals surface area contributed by atoms with Gasteiger partial charge in [-0.2, -0.15) is 0 Å². The van der Waals surface area contributed by atoms with Gasteiger partial charge in [0.25, 0.3) is 0 Å². The quantitative estimate of drug-likeness (QED) is 0.757. The predicted octanol–water partition coefficient (Wildman–Crippen LogP) is 3.42.